The second kappa shape index (κ2) is 8.59. The Labute approximate surface area is 162 Å². The number of amides is 1. The van der Waals surface area contributed by atoms with Crippen molar-refractivity contribution in [1.29, 1.82) is 0 Å². The lowest BCUT2D eigenvalue weighted by molar-refractivity contribution is -0.384. The highest BCUT2D eigenvalue weighted by atomic mass is 19.4. The van der Waals surface area contributed by atoms with E-state index in [0.717, 1.165) is 30.3 Å². The maximum Gasteiger partial charge on any atom is 0.416 e. The van der Waals surface area contributed by atoms with E-state index in [-0.39, 0.29) is 22.7 Å². The number of nitro benzene ring substituents is 1. The Hall–Kier alpha value is -3.63. The topological polar surface area (TPSA) is 108 Å². The molecule has 154 valence electrons. The number of nitrogens with one attached hydrogen (secondary N) is 1. The average Bonchev–Trinajstić information content (AvgIpc) is 2.67. The zero-order valence-electron chi connectivity index (χ0n) is 15.1. The van der Waals surface area contributed by atoms with Crippen molar-refractivity contribution in [2.45, 2.75) is 19.2 Å². The lowest BCUT2D eigenvalue weighted by atomic mass is 10.1. The molecule has 0 fully saturated rings. The van der Waals surface area contributed by atoms with E-state index >= 15 is 0 Å². The normalized spacial score (nSPS) is 12.0. The number of non-ortho nitro benzene ring substituents is 1. The summed E-state index contributed by atoms with van der Waals surface area (Å²) in [6.45, 7) is 1.24. The number of rotatable bonds is 6. The third-order valence-corrected chi connectivity index (χ3v) is 3.75. The van der Waals surface area contributed by atoms with Crippen molar-refractivity contribution < 1.29 is 37.2 Å². The van der Waals surface area contributed by atoms with Crippen molar-refractivity contribution in [3.8, 4) is 5.75 Å². The molecular formula is C18H15F3N2O6. The third-order valence-electron chi connectivity index (χ3n) is 3.75. The van der Waals surface area contributed by atoms with E-state index in [9.17, 15) is 32.9 Å². The summed E-state index contributed by atoms with van der Waals surface area (Å²) in [5, 5.41) is 13.2. The molecule has 0 aliphatic rings. The number of nitrogens with zero attached hydrogens (tertiary/aromatic N) is 1. The van der Waals surface area contributed by atoms with Crippen LogP contribution in [0, 0.1) is 10.1 Å². The highest BCUT2D eigenvalue weighted by Gasteiger charge is 2.30. The molecule has 2 aromatic rings. The molecule has 8 nitrogen and oxygen atoms in total. The summed E-state index contributed by atoms with van der Waals surface area (Å²) in [7, 11) is 1.30. The maximum atomic E-state index is 12.6. The standard InChI is InChI=1S/C18H15F3N2O6/c1-10(29-17(25)11-3-5-12(6-4-11)18(19,20)21)16(24)22-14-9-13(23(26)27)7-8-15(14)28-2/h3-10H,1-2H3,(H,22,24)/t10-/m0/s1. The fraction of sp³-hybridized carbons (Fsp3) is 0.222. The van der Waals surface area contributed by atoms with E-state index in [1.54, 1.807) is 0 Å². The summed E-state index contributed by atoms with van der Waals surface area (Å²) in [5.74, 6) is -1.68. The first-order chi connectivity index (χ1) is 13.5. The Balaban J connectivity index is 2.08. The summed E-state index contributed by atoms with van der Waals surface area (Å²) < 4.78 is 47.6. The molecule has 1 atom stereocenters. The zero-order chi connectivity index (χ0) is 21.8. The number of benzene rings is 2. The Morgan fingerprint density at radius 2 is 1.76 bits per heavy atom. The predicted octanol–water partition coefficient (Wildman–Crippen LogP) is 3.81. The number of anilines is 1. The molecule has 1 N–H and O–H groups in total. The van der Waals surface area contributed by atoms with Crippen LogP contribution in [0.1, 0.15) is 22.8 Å². The van der Waals surface area contributed by atoms with Crippen molar-refractivity contribution in [3.05, 3.63) is 63.7 Å². The fourth-order valence-electron chi connectivity index (χ4n) is 2.22. The van der Waals surface area contributed by atoms with Crippen LogP contribution in [0.2, 0.25) is 0 Å². The maximum absolute atomic E-state index is 12.6. The van der Waals surface area contributed by atoms with Gasteiger partial charge >= 0.3 is 12.1 Å². The molecule has 2 aromatic carbocycles. The molecule has 29 heavy (non-hydrogen) atoms. The third kappa shape index (κ3) is 5.43. The number of carbonyl (C=O) groups is 2. The van der Waals surface area contributed by atoms with Gasteiger partial charge in [0.15, 0.2) is 6.10 Å². The predicted molar refractivity (Wildman–Crippen MR) is 94.6 cm³/mol. The van der Waals surface area contributed by atoms with Crippen molar-refractivity contribution in [2.75, 3.05) is 12.4 Å². The van der Waals surface area contributed by atoms with Gasteiger partial charge in [0.25, 0.3) is 11.6 Å². The highest BCUT2D eigenvalue weighted by molar-refractivity contribution is 5.98. The Morgan fingerprint density at radius 3 is 2.28 bits per heavy atom. The smallest absolute Gasteiger partial charge is 0.416 e. The lowest BCUT2D eigenvalue weighted by Gasteiger charge is -2.15. The first kappa shape index (κ1) is 21.7. The van der Waals surface area contributed by atoms with E-state index in [0.29, 0.717) is 0 Å². The number of nitro groups is 1. The van der Waals surface area contributed by atoms with Gasteiger partial charge < -0.3 is 14.8 Å². The summed E-state index contributed by atoms with van der Waals surface area (Å²) in [6, 6.07) is 6.83. The van der Waals surface area contributed by atoms with E-state index in [4.69, 9.17) is 9.47 Å². The van der Waals surface area contributed by atoms with Crippen molar-refractivity contribution in [3.63, 3.8) is 0 Å². The average molecular weight is 412 g/mol. The molecule has 0 spiro atoms. The molecule has 0 aliphatic heterocycles. The van der Waals surface area contributed by atoms with Crippen LogP contribution in [0.3, 0.4) is 0 Å². The molecule has 0 radical (unpaired) electrons. The van der Waals surface area contributed by atoms with Gasteiger partial charge in [-0.15, -0.1) is 0 Å². The second-order valence-corrected chi connectivity index (χ2v) is 5.75. The van der Waals surface area contributed by atoms with Crippen molar-refractivity contribution in [1.82, 2.24) is 0 Å². The molecule has 2 rings (SSSR count). The molecular weight excluding hydrogens is 397 g/mol. The lowest BCUT2D eigenvalue weighted by Crippen LogP contribution is -2.30. The number of carbonyl (C=O) groups excluding carboxylic acids is 2. The van der Waals surface area contributed by atoms with Gasteiger partial charge in [-0.3, -0.25) is 14.9 Å². The van der Waals surface area contributed by atoms with Crippen molar-refractivity contribution >= 4 is 23.3 Å². The van der Waals surface area contributed by atoms with Gasteiger partial charge in [0.05, 0.1) is 28.8 Å². The molecule has 0 aliphatic carbocycles. The van der Waals surface area contributed by atoms with Crippen molar-refractivity contribution in [2.24, 2.45) is 0 Å². The number of esters is 1. The van der Waals surface area contributed by atoms with Gasteiger partial charge in [0, 0.05) is 12.1 Å². The zero-order valence-corrected chi connectivity index (χ0v) is 15.1. The minimum atomic E-state index is -4.55. The quantitative estimate of drug-likeness (QED) is 0.439. The summed E-state index contributed by atoms with van der Waals surface area (Å²) in [4.78, 5) is 34.5. The first-order valence-electron chi connectivity index (χ1n) is 8.04. The number of ether oxygens (including phenoxy) is 2. The molecule has 0 heterocycles. The van der Waals surface area contributed by atoms with Gasteiger partial charge in [0.2, 0.25) is 0 Å². The van der Waals surface area contributed by atoms with E-state index in [1.165, 1.54) is 26.2 Å². The van der Waals surface area contributed by atoms with Gasteiger partial charge in [-0.25, -0.2) is 4.79 Å². The van der Waals surface area contributed by atoms with Gasteiger partial charge in [-0.05, 0) is 37.3 Å². The van der Waals surface area contributed by atoms with Crippen LogP contribution in [0.25, 0.3) is 0 Å². The monoisotopic (exact) mass is 412 g/mol. The molecule has 11 heteroatoms. The minimum absolute atomic E-state index is 0.0101. The van der Waals surface area contributed by atoms with Crippen LogP contribution in [0.15, 0.2) is 42.5 Å². The summed E-state index contributed by atoms with van der Waals surface area (Å²) >= 11 is 0. The number of alkyl halides is 3. The molecule has 0 saturated heterocycles. The van der Waals surface area contributed by atoms with Gasteiger partial charge in [-0.2, -0.15) is 13.2 Å². The number of hydrogen-bond acceptors (Lipinski definition) is 6. The second-order valence-electron chi connectivity index (χ2n) is 5.75. The largest absolute Gasteiger partial charge is 0.495 e. The summed E-state index contributed by atoms with van der Waals surface area (Å²) in [5.41, 5.74) is -1.41. The number of halogens is 3. The fourth-order valence-corrected chi connectivity index (χ4v) is 2.22. The van der Waals surface area contributed by atoms with Crippen LogP contribution in [0.4, 0.5) is 24.5 Å². The SMILES string of the molecule is COc1ccc([N+](=O)[O-])cc1NC(=O)[C@H](C)OC(=O)c1ccc(C(F)(F)F)cc1. The van der Waals surface area contributed by atoms with Crippen LogP contribution in [-0.4, -0.2) is 30.0 Å². The highest BCUT2D eigenvalue weighted by Crippen LogP contribution is 2.30. The van der Waals surface area contributed by atoms with E-state index in [2.05, 4.69) is 5.32 Å². The van der Waals surface area contributed by atoms with Crippen LogP contribution in [0.5, 0.6) is 5.75 Å². The minimum Gasteiger partial charge on any atom is -0.495 e. The van der Waals surface area contributed by atoms with Crippen LogP contribution >= 0.6 is 0 Å². The Kier molecular flexibility index (Phi) is 6.42. The van der Waals surface area contributed by atoms with Gasteiger partial charge in [0.1, 0.15) is 5.75 Å². The van der Waals surface area contributed by atoms with Crippen LogP contribution in [-0.2, 0) is 15.7 Å². The first-order valence-corrected chi connectivity index (χ1v) is 8.04. The summed E-state index contributed by atoms with van der Waals surface area (Å²) in [6.07, 6.45) is -5.89. The molecule has 1 amide bonds. The van der Waals surface area contributed by atoms with E-state index < -0.39 is 34.6 Å². The Morgan fingerprint density at radius 1 is 1.14 bits per heavy atom. The number of methoxy groups -OCH3 is 1. The number of hydrogen-bond donors (Lipinski definition) is 1. The molecule has 0 aromatic heterocycles. The van der Waals surface area contributed by atoms with Crippen LogP contribution < -0.4 is 10.1 Å². The Bertz CT molecular complexity index is 928. The van der Waals surface area contributed by atoms with Gasteiger partial charge in [-0.1, -0.05) is 0 Å². The molecule has 0 unspecified atom stereocenters. The molecule has 0 saturated carbocycles. The molecule has 0 bridgehead atoms. The van der Waals surface area contributed by atoms with E-state index in [1.807, 2.05) is 0 Å².